The van der Waals surface area contributed by atoms with Crippen LogP contribution in [0, 0.1) is 0 Å². The van der Waals surface area contributed by atoms with E-state index in [2.05, 4.69) is 21.2 Å². The van der Waals surface area contributed by atoms with Crippen LogP contribution < -0.4 is 10.1 Å². The van der Waals surface area contributed by atoms with Gasteiger partial charge in [0.1, 0.15) is 12.4 Å². The van der Waals surface area contributed by atoms with Crippen LogP contribution in [-0.2, 0) is 0 Å². The molecule has 0 bridgehead atoms. The molecule has 0 spiro atoms. The van der Waals surface area contributed by atoms with E-state index in [-0.39, 0.29) is 5.56 Å². The third-order valence-corrected chi connectivity index (χ3v) is 3.52. The van der Waals surface area contributed by atoms with Crippen molar-refractivity contribution in [1.29, 1.82) is 0 Å². The number of carboxylic acids is 1. The monoisotopic (exact) mass is 369 g/mol. The second-order valence-corrected chi connectivity index (χ2v) is 5.55. The van der Waals surface area contributed by atoms with Crippen LogP contribution in [0.4, 0.5) is 5.69 Å². The van der Waals surface area contributed by atoms with Crippen molar-refractivity contribution in [3.8, 4) is 5.75 Å². The van der Waals surface area contributed by atoms with Gasteiger partial charge in [0.15, 0.2) is 0 Å². The van der Waals surface area contributed by atoms with Crippen LogP contribution in [0.25, 0.3) is 0 Å². The Morgan fingerprint density at radius 1 is 1.24 bits per heavy atom. The van der Waals surface area contributed by atoms with Crippen LogP contribution in [0.3, 0.4) is 0 Å². The van der Waals surface area contributed by atoms with Gasteiger partial charge in [0, 0.05) is 11.0 Å². The third kappa shape index (κ3) is 4.65. The Kier molecular flexibility index (Phi) is 5.47. The van der Waals surface area contributed by atoms with Gasteiger partial charge in [-0.3, -0.25) is 0 Å². The van der Waals surface area contributed by atoms with E-state index in [1.165, 1.54) is 12.1 Å². The summed E-state index contributed by atoms with van der Waals surface area (Å²) in [6, 6.07) is 11.9. The number of ether oxygens (including phenoxy) is 1. The summed E-state index contributed by atoms with van der Waals surface area (Å²) in [5.74, 6) is -0.322. The fraction of sp³-hybridized carbons (Fsp3) is 0.133. The summed E-state index contributed by atoms with van der Waals surface area (Å²) in [6.07, 6.45) is 0. The molecule has 2 N–H and O–H groups in total. The quantitative estimate of drug-likeness (QED) is 0.745. The summed E-state index contributed by atoms with van der Waals surface area (Å²) in [7, 11) is 0. The van der Waals surface area contributed by atoms with E-state index in [0.29, 0.717) is 23.9 Å². The van der Waals surface area contributed by atoms with Gasteiger partial charge < -0.3 is 15.2 Å². The molecule has 110 valence electrons. The summed E-state index contributed by atoms with van der Waals surface area (Å²) < 4.78 is 6.44. The summed E-state index contributed by atoms with van der Waals surface area (Å²) in [5, 5.41) is 12.6. The van der Waals surface area contributed by atoms with Gasteiger partial charge in [0.25, 0.3) is 0 Å². The molecule has 0 saturated carbocycles. The topological polar surface area (TPSA) is 58.6 Å². The van der Waals surface area contributed by atoms with Gasteiger partial charge in [-0.05, 0) is 42.5 Å². The zero-order chi connectivity index (χ0) is 15.2. The summed E-state index contributed by atoms with van der Waals surface area (Å²) in [5.41, 5.74) is 1.08. The number of rotatable bonds is 6. The fourth-order valence-corrected chi connectivity index (χ4v) is 2.42. The molecule has 0 aromatic heterocycles. The van der Waals surface area contributed by atoms with Crippen molar-refractivity contribution in [2.24, 2.45) is 0 Å². The van der Waals surface area contributed by atoms with Gasteiger partial charge in [-0.25, -0.2) is 4.79 Å². The van der Waals surface area contributed by atoms with Crippen molar-refractivity contribution in [1.82, 2.24) is 0 Å². The minimum atomic E-state index is -0.951. The zero-order valence-electron chi connectivity index (χ0n) is 11.0. The Hall–Kier alpha value is -1.72. The lowest BCUT2D eigenvalue weighted by atomic mass is 10.2. The van der Waals surface area contributed by atoms with E-state index in [0.717, 1.165) is 10.2 Å². The summed E-state index contributed by atoms with van der Waals surface area (Å²) in [4.78, 5) is 10.7. The Balaban J connectivity index is 1.80. The van der Waals surface area contributed by atoms with Crippen LogP contribution >= 0.6 is 27.5 Å². The second-order valence-electron chi connectivity index (χ2n) is 4.23. The normalized spacial score (nSPS) is 10.2. The highest BCUT2D eigenvalue weighted by Gasteiger charge is 2.03. The molecule has 0 aliphatic heterocycles. The van der Waals surface area contributed by atoms with Gasteiger partial charge in [0.2, 0.25) is 0 Å². The minimum Gasteiger partial charge on any atom is -0.492 e. The highest BCUT2D eigenvalue weighted by molar-refractivity contribution is 9.10. The van der Waals surface area contributed by atoms with Crippen molar-refractivity contribution >= 4 is 39.2 Å². The molecule has 0 aliphatic carbocycles. The van der Waals surface area contributed by atoms with Crippen LogP contribution in [0.2, 0.25) is 5.02 Å². The highest BCUT2D eigenvalue weighted by atomic mass is 79.9. The first-order valence-corrected chi connectivity index (χ1v) is 7.38. The van der Waals surface area contributed by atoms with E-state index in [1.807, 2.05) is 18.2 Å². The predicted molar refractivity (Wildman–Crippen MR) is 86.5 cm³/mol. The molecule has 6 heteroatoms. The van der Waals surface area contributed by atoms with E-state index in [9.17, 15) is 4.79 Å². The van der Waals surface area contributed by atoms with Gasteiger partial charge >= 0.3 is 5.97 Å². The van der Waals surface area contributed by atoms with E-state index < -0.39 is 5.97 Å². The number of benzene rings is 2. The number of nitrogens with one attached hydrogen (secondary N) is 1. The number of hydrogen-bond acceptors (Lipinski definition) is 3. The molecule has 0 aliphatic rings. The minimum absolute atomic E-state index is 0.238. The number of aromatic carboxylic acids is 1. The molecule has 4 nitrogen and oxygen atoms in total. The lowest BCUT2D eigenvalue weighted by Gasteiger charge is -2.10. The average molecular weight is 371 g/mol. The molecule has 2 rings (SSSR count). The van der Waals surface area contributed by atoms with Crippen LogP contribution in [0.5, 0.6) is 5.75 Å². The molecule has 0 saturated heterocycles. The molecule has 21 heavy (non-hydrogen) atoms. The molecule has 0 radical (unpaired) electrons. The maximum absolute atomic E-state index is 10.7. The zero-order valence-corrected chi connectivity index (χ0v) is 13.3. The van der Waals surface area contributed by atoms with Crippen molar-refractivity contribution in [2.75, 3.05) is 18.5 Å². The Bertz CT molecular complexity index is 631. The highest BCUT2D eigenvalue weighted by Crippen LogP contribution is 2.25. The number of hydrogen-bond donors (Lipinski definition) is 2. The van der Waals surface area contributed by atoms with Gasteiger partial charge in [-0.2, -0.15) is 0 Å². The SMILES string of the molecule is O=C(O)c1ccc(OCCNc2ccc(Br)cc2Cl)cc1. The molecule has 0 atom stereocenters. The molecule has 2 aromatic rings. The smallest absolute Gasteiger partial charge is 0.335 e. The molecule has 0 fully saturated rings. The molecule has 2 aromatic carbocycles. The van der Waals surface area contributed by atoms with Gasteiger partial charge in [0.05, 0.1) is 16.3 Å². The number of halogens is 2. The van der Waals surface area contributed by atoms with Crippen LogP contribution in [-0.4, -0.2) is 24.2 Å². The summed E-state index contributed by atoms with van der Waals surface area (Å²) >= 11 is 9.43. The van der Waals surface area contributed by atoms with E-state index in [1.54, 1.807) is 12.1 Å². The molecular weight excluding hydrogens is 358 g/mol. The lowest BCUT2D eigenvalue weighted by molar-refractivity contribution is 0.0697. The fourth-order valence-electron chi connectivity index (χ4n) is 1.68. The van der Waals surface area contributed by atoms with Crippen molar-refractivity contribution < 1.29 is 14.6 Å². The van der Waals surface area contributed by atoms with E-state index in [4.69, 9.17) is 21.4 Å². The van der Waals surface area contributed by atoms with Crippen molar-refractivity contribution in [3.63, 3.8) is 0 Å². The maximum atomic E-state index is 10.7. The van der Waals surface area contributed by atoms with Crippen LogP contribution in [0.15, 0.2) is 46.9 Å². The molecule has 0 heterocycles. The van der Waals surface area contributed by atoms with Crippen LogP contribution in [0.1, 0.15) is 10.4 Å². The number of anilines is 1. The Morgan fingerprint density at radius 2 is 1.95 bits per heavy atom. The maximum Gasteiger partial charge on any atom is 0.335 e. The molecule has 0 unspecified atom stereocenters. The summed E-state index contributed by atoms with van der Waals surface area (Å²) in [6.45, 7) is 1.03. The van der Waals surface area contributed by atoms with Crippen molar-refractivity contribution in [2.45, 2.75) is 0 Å². The van der Waals surface area contributed by atoms with E-state index >= 15 is 0 Å². The average Bonchev–Trinajstić information content (AvgIpc) is 2.46. The third-order valence-electron chi connectivity index (χ3n) is 2.72. The van der Waals surface area contributed by atoms with Gasteiger partial charge in [-0.1, -0.05) is 27.5 Å². The largest absolute Gasteiger partial charge is 0.492 e. The number of carbonyl (C=O) groups is 1. The molecule has 0 amide bonds. The lowest BCUT2D eigenvalue weighted by Crippen LogP contribution is -2.11. The first kappa shape index (κ1) is 15.7. The molecular formula is C15H13BrClNO3. The second kappa shape index (κ2) is 7.33. The number of carboxylic acid groups (broad SMARTS) is 1. The predicted octanol–water partition coefficient (Wildman–Crippen LogP) is 4.29. The standard InChI is InChI=1S/C15H13BrClNO3/c16-11-3-6-14(13(17)9-11)18-7-8-21-12-4-1-10(2-5-12)15(19)20/h1-6,9,18H,7-8H2,(H,19,20). The van der Waals surface area contributed by atoms with Crippen molar-refractivity contribution in [3.05, 3.63) is 57.5 Å². The first-order chi connectivity index (χ1) is 10.1. The first-order valence-electron chi connectivity index (χ1n) is 6.21. The Morgan fingerprint density at radius 3 is 2.57 bits per heavy atom. The van der Waals surface area contributed by atoms with Gasteiger partial charge in [-0.15, -0.1) is 0 Å². The Labute approximate surface area is 135 Å².